The van der Waals surface area contributed by atoms with Gasteiger partial charge in [-0.25, -0.2) is 4.79 Å². The molecule has 0 aromatic carbocycles. The lowest BCUT2D eigenvalue weighted by molar-refractivity contribution is -0.316. The molecule has 0 amide bonds. The highest BCUT2D eigenvalue weighted by Crippen LogP contribution is 2.70. The molecule has 11 nitrogen and oxygen atoms in total. The summed E-state index contributed by atoms with van der Waals surface area (Å²) in [5, 5.41) is 12.5. The average molecular weight is 645 g/mol. The number of rotatable bonds is 7. The molecule has 0 bridgehead atoms. The number of hydrogen-bond donors (Lipinski definition) is 1. The highest BCUT2D eigenvalue weighted by Gasteiger charge is 2.68. The van der Waals surface area contributed by atoms with E-state index in [4.69, 9.17) is 28.1 Å². The smallest absolute Gasteiger partial charge is 0.335 e. The number of carbonyl (C=O) groups excluding carboxylic acids is 3. The van der Waals surface area contributed by atoms with Gasteiger partial charge >= 0.3 is 17.6 Å². The number of ether oxygens (including phenoxy) is 5. The Morgan fingerprint density at radius 2 is 1.70 bits per heavy atom. The van der Waals surface area contributed by atoms with Crippen molar-refractivity contribution in [1.29, 1.82) is 0 Å². The standard InChI is InChI=1S/C35H48O11/c1-19-29(44-20(2)37)30(41-5)31(45-21(3)38)32(43-19)46-24-10-14-34(18-36)23(16-24)7-8-27-26(34)11-13-33(4)25(12-15-35(27,33)40)22-6-9-28(39)42-17-22/h6,9,17-19,23-27,29-32,40H,7-8,10-16H2,1-5H3/t19-,23-,24+,25-,26-,27+,29+,30+,31-,32+,33+,34+,35+/m0/s1. The number of aldehydes is 1. The summed E-state index contributed by atoms with van der Waals surface area (Å²) in [4.78, 5) is 48.7. The van der Waals surface area contributed by atoms with E-state index in [1.807, 2.05) is 6.07 Å². The van der Waals surface area contributed by atoms with Crippen molar-refractivity contribution in [2.45, 2.75) is 134 Å². The highest BCUT2D eigenvalue weighted by molar-refractivity contribution is 5.67. The van der Waals surface area contributed by atoms with Crippen LogP contribution < -0.4 is 5.63 Å². The zero-order valence-electron chi connectivity index (χ0n) is 27.5. The summed E-state index contributed by atoms with van der Waals surface area (Å²) < 4.78 is 34.7. The molecule has 0 radical (unpaired) electrons. The lowest BCUT2D eigenvalue weighted by Gasteiger charge is -2.63. The first-order valence-corrected chi connectivity index (χ1v) is 16.8. The van der Waals surface area contributed by atoms with E-state index < -0.39 is 53.7 Å². The summed E-state index contributed by atoms with van der Waals surface area (Å²) in [7, 11) is 1.47. The molecule has 1 N–H and O–H groups in total. The predicted molar refractivity (Wildman–Crippen MR) is 162 cm³/mol. The third-order valence-electron chi connectivity index (χ3n) is 12.6. The maximum atomic E-state index is 13.2. The molecule has 254 valence electrons. The molecule has 0 spiro atoms. The summed E-state index contributed by atoms with van der Waals surface area (Å²) >= 11 is 0. The van der Waals surface area contributed by atoms with Crippen molar-refractivity contribution in [1.82, 2.24) is 0 Å². The van der Waals surface area contributed by atoms with Crippen LogP contribution in [0.4, 0.5) is 0 Å². The third kappa shape index (κ3) is 5.35. The van der Waals surface area contributed by atoms with Gasteiger partial charge in [-0.05, 0) is 100 Å². The first kappa shape index (κ1) is 33.3. The van der Waals surface area contributed by atoms with Gasteiger partial charge in [0.1, 0.15) is 12.4 Å². The minimum atomic E-state index is -0.949. The maximum absolute atomic E-state index is 13.2. The van der Waals surface area contributed by atoms with Gasteiger partial charge in [0.2, 0.25) is 0 Å². The Bertz CT molecular complexity index is 1360. The Labute approximate surface area is 269 Å². The second-order valence-electron chi connectivity index (χ2n) is 14.7. The van der Waals surface area contributed by atoms with Crippen molar-refractivity contribution in [2.75, 3.05) is 7.11 Å². The first-order valence-electron chi connectivity index (χ1n) is 16.8. The van der Waals surface area contributed by atoms with Crippen LogP contribution in [0.5, 0.6) is 0 Å². The largest absolute Gasteiger partial charge is 0.457 e. The first-order chi connectivity index (χ1) is 21.9. The summed E-state index contributed by atoms with van der Waals surface area (Å²) in [6.07, 6.45) is 5.09. The van der Waals surface area contributed by atoms with Crippen molar-refractivity contribution in [2.24, 2.45) is 28.6 Å². The molecular weight excluding hydrogens is 596 g/mol. The monoisotopic (exact) mass is 644 g/mol. The van der Waals surface area contributed by atoms with Crippen LogP contribution in [-0.4, -0.2) is 72.9 Å². The van der Waals surface area contributed by atoms with Crippen LogP contribution in [0, 0.1) is 28.6 Å². The van der Waals surface area contributed by atoms with Crippen molar-refractivity contribution in [3.63, 3.8) is 0 Å². The van der Waals surface area contributed by atoms with Crippen molar-refractivity contribution >= 4 is 18.2 Å². The summed E-state index contributed by atoms with van der Waals surface area (Å²) in [5.74, 6) is -0.795. The molecule has 2 heterocycles. The van der Waals surface area contributed by atoms with E-state index in [1.165, 1.54) is 33.3 Å². The number of carbonyl (C=O) groups is 3. The van der Waals surface area contributed by atoms with Crippen LogP contribution >= 0.6 is 0 Å². The molecule has 46 heavy (non-hydrogen) atoms. The van der Waals surface area contributed by atoms with Crippen LogP contribution in [0.25, 0.3) is 0 Å². The van der Waals surface area contributed by atoms with Crippen LogP contribution in [0.15, 0.2) is 27.6 Å². The minimum absolute atomic E-state index is 0.00225. The fourth-order valence-corrected chi connectivity index (χ4v) is 10.5. The van der Waals surface area contributed by atoms with Crippen LogP contribution in [0.1, 0.15) is 97.0 Å². The van der Waals surface area contributed by atoms with E-state index in [-0.39, 0.29) is 40.8 Å². The molecule has 5 aliphatic rings. The number of fused-ring (bicyclic) bond motifs is 5. The number of aliphatic hydroxyl groups is 1. The van der Waals surface area contributed by atoms with Gasteiger partial charge in [0.25, 0.3) is 0 Å². The van der Waals surface area contributed by atoms with Gasteiger partial charge in [-0.3, -0.25) is 9.59 Å². The lowest BCUT2D eigenvalue weighted by atomic mass is 9.43. The normalized spacial score (nSPS) is 45.1. The number of esters is 2. The van der Waals surface area contributed by atoms with E-state index in [9.17, 15) is 24.3 Å². The molecule has 1 aromatic rings. The summed E-state index contributed by atoms with van der Waals surface area (Å²) in [6, 6.07) is 3.29. The van der Waals surface area contributed by atoms with E-state index in [2.05, 4.69) is 6.92 Å². The van der Waals surface area contributed by atoms with Crippen molar-refractivity contribution < 1.29 is 47.6 Å². The van der Waals surface area contributed by atoms with Gasteiger partial charge < -0.3 is 38.0 Å². The second kappa shape index (κ2) is 12.5. The Morgan fingerprint density at radius 1 is 0.957 bits per heavy atom. The molecular formula is C35H48O11. The zero-order chi connectivity index (χ0) is 33.0. The van der Waals surface area contributed by atoms with Crippen LogP contribution in [0.2, 0.25) is 0 Å². The van der Waals surface area contributed by atoms with E-state index in [1.54, 1.807) is 13.2 Å². The zero-order valence-corrected chi connectivity index (χ0v) is 27.5. The Hall–Kier alpha value is -2.60. The number of methoxy groups -OCH3 is 1. The molecule has 4 saturated carbocycles. The second-order valence-corrected chi connectivity index (χ2v) is 14.7. The van der Waals surface area contributed by atoms with Crippen LogP contribution in [0.3, 0.4) is 0 Å². The van der Waals surface area contributed by atoms with Gasteiger partial charge in [-0.15, -0.1) is 0 Å². The van der Waals surface area contributed by atoms with Crippen molar-refractivity contribution in [3.05, 3.63) is 34.4 Å². The van der Waals surface area contributed by atoms with Gasteiger partial charge in [0, 0.05) is 37.9 Å². The van der Waals surface area contributed by atoms with Crippen LogP contribution in [-0.2, 0) is 38.1 Å². The molecule has 1 saturated heterocycles. The molecule has 11 heteroatoms. The van der Waals surface area contributed by atoms with E-state index >= 15 is 0 Å². The molecule has 1 aromatic heterocycles. The van der Waals surface area contributed by atoms with Gasteiger partial charge in [-0.1, -0.05) is 6.92 Å². The molecule has 13 atom stereocenters. The summed E-state index contributed by atoms with van der Waals surface area (Å²) in [6.45, 7) is 6.55. The van der Waals surface area contributed by atoms with E-state index in [0.29, 0.717) is 25.7 Å². The lowest BCUT2D eigenvalue weighted by Crippen LogP contribution is -2.63. The fraction of sp³-hybridized carbons (Fsp3) is 0.771. The SMILES string of the molecule is CO[C@H]1[C@H](OC(C)=O)[C@@H](O[C@@H]2CC[C@@]3(C=O)[C@@H](CC[C@@H]4[C@@H]3CC[C@]3(C)[C@H](c5ccc(=O)oc5)CC[C@@]43O)C2)O[C@@H](C)[C@H]1OC(C)=O. The highest BCUT2D eigenvalue weighted by atomic mass is 16.7. The molecule has 0 unspecified atom stereocenters. The average Bonchev–Trinajstić information content (AvgIpc) is 3.30. The third-order valence-corrected chi connectivity index (χ3v) is 12.6. The topological polar surface area (TPSA) is 148 Å². The Morgan fingerprint density at radius 3 is 2.35 bits per heavy atom. The Balaban J connectivity index is 1.19. The molecule has 5 fully saturated rings. The maximum Gasteiger partial charge on any atom is 0.335 e. The number of hydrogen-bond acceptors (Lipinski definition) is 11. The fourth-order valence-electron chi connectivity index (χ4n) is 10.5. The molecule has 1 aliphatic heterocycles. The van der Waals surface area contributed by atoms with Gasteiger partial charge in [-0.2, -0.15) is 0 Å². The summed E-state index contributed by atoms with van der Waals surface area (Å²) in [5.41, 5.74) is -1.28. The van der Waals surface area contributed by atoms with Crippen molar-refractivity contribution in [3.8, 4) is 0 Å². The quantitative estimate of drug-likeness (QED) is 0.260. The van der Waals surface area contributed by atoms with Gasteiger partial charge in [0.05, 0.1) is 24.1 Å². The molecule has 6 rings (SSSR count). The predicted octanol–water partition coefficient (Wildman–Crippen LogP) is 4.07. The Kier molecular flexibility index (Phi) is 9.01. The van der Waals surface area contributed by atoms with E-state index in [0.717, 1.165) is 37.7 Å². The van der Waals surface area contributed by atoms with Gasteiger partial charge in [0.15, 0.2) is 18.5 Å². The molecule has 4 aliphatic carbocycles. The minimum Gasteiger partial charge on any atom is -0.457 e.